The molecule has 0 spiro atoms. The van der Waals surface area contributed by atoms with Crippen LogP contribution < -0.4 is 10.5 Å². The van der Waals surface area contributed by atoms with E-state index in [0.29, 0.717) is 35.2 Å². The van der Waals surface area contributed by atoms with Crippen LogP contribution in [0.4, 0.5) is 5.69 Å². The molecule has 2 aromatic rings. The van der Waals surface area contributed by atoms with Gasteiger partial charge >= 0.3 is 0 Å². The fourth-order valence-electron chi connectivity index (χ4n) is 3.08. The molecule has 144 valence electrons. The molecule has 9 heteroatoms. The fourth-order valence-corrected chi connectivity index (χ4v) is 4.15. The van der Waals surface area contributed by atoms with Crippen molar-refractivity contribution in [3.8, 4) is 0 Å². The van der Waals surface area contributed by atoms with Crippen molar-refractivity contribution in [2.75, 3.05) is 11.0 Å². The maximum absolute atomic E-state index is 12.8. The van der Waals surface area contributed by atoms with Gasteiger partial charge in [-0.1, -0.05) is 35.3 Å². The highest BCUT2D eigenvalue weighted by Gasteiger charge is 2.28. The first-order valence-electron chi connectivity index (χ1n) is 8.24. The largest absolute Gasteiger partial charge is 0.333 e. The number of carbonyl (C=O) groups is 1. The molecule has 6 nitrogen and oxygen atoms in total. The smallest absolute Gasteiger partial charge is 0.240 e. The molecule has 1 unspecified atom stereocenters. The van der Waals surface area contributed by atoms with E-state index in [-0.39, 0.29) is 5.91 Å². The van der Waals surface area contributed by atoms with Gasteiger partial charge in [0.15, 0.2) is 0 Å². The molecule has 0 fully saturated rings. The minimum absolute atomic E-state index is 0.161. The molecule has 27 heavy (non-hydrogen) atoms. The Balaban J connectivity index is 1.68. The zero-order valence-electron chi connectivity index (χ0n) is 14.7. The topological polar surface area (TPSA) is 99.3 Å². The Kier molecular flexibility index (Phi) is 5.67. The predicted molar refractivity (Wildman–Crippen MR) is 109 cm³/mol. The number of hydrogen-bond donors (Lipinski definition) is 3. The Bertz CT molecular complexity index is 995. The Labute approximate surface area is 168 Å². The molecule has 0 saturated heterocycles. The standard InChI is InChI=1S/C18H20Cl2N4O2S/c1-27(22,26)23-15-5-3-12-9-24(10-13(12)6-15)18(25)17(21)7-11-2-4-14(19)8-16(11)20/h2-6,8,17H,7,9-10,21H2,1H3,(H2,22,23,26)/t17-,27?/m1/s1. The Morgan fingerprint density at radius 1 is 1.26 bits per heavy atom. The number of benzene rings is 2. The SMILES string of the molecule is CS(=N)(=O)Nc1ccc2c(c1)CN(C(=O)[C@H](N)Cc1ccc(Cl)cc1Cl)C2. The van der Waals surface area contributed by atoms with Crippen molar-refractivity contribution in [2.24, 2.45) is 5.73 Å². The van der Waals surface area contributed by atoms with Crippen molar-refractivity contribution < 1.29 is 9.00 Å². The molecule has 3 rings (SSSR count). The van der Waals surface area contributed by atoms with Crippen molar-refractivity contribution in [3.05, 3.63) is 63.1 Å². The lowest BCUT2D eigenvalue weighted by Gasteiger charge is -2.20. The van der Waals surface area contributed by atoms with E-state index in [1.165, 1.54) is 6.26 Å². The second-order valence-corrected chi connectivity index (χ2v) is 9.40. The van der Waals surface area contributed by atoms with Gasteiger partial charge in [0.1, 0.15) is 9.92 Å². The average molecular weight is 427 g/mol. The van der Waals surface area contributed by atoms with Crippen LogP contribution in [0.25, 0.3) is 0 Å². The maximum Gasteiger partial charge on any atom is 0.240 e. The van der Waals surface area contributed by atoms with Gasteiger partial charge in [-0.3, -0.25) is 9.52 Å². The van der Waals surface area contributed by atoms with Gasteiger partial charge in [-0.25, -0.2) is 8.99 Å². The lowest BCUT2D eigenvalue weighted by atomic mass is 10.1. The maximum atomic E-state index is 12.8. The summed E-state index contributed by atoms with van der Waals surface area (Å²) in [6, 6.07) is 9.87. The molecule has 0 saturated carbocycles. The van der Waals surface area contributed by atoms with Crippen molar-refractivity contribution in [2.45, 2.75) is 25.6 Å². The van der Waals surface area contributed by atoms with Crippen LogP contribution in [0.2, 0.25) is 10.0 Å². The van der Waals surface area contributed by atoms with Crippen molar-refractivity contribution in [1.29, 1.82) is 4.78 Å². The number of amides is 1. The van der Waals surface area contributed by atoms with Crippen LogP contribution >= 0.6 is 23.2 Å². The summed E-state index contributed by atoms with van der Waals surface area (Å²) < 4.78 is 21.7. The van der Waals surface area contributed by atoms with E-state index in [1.807, 2.05) is 12.1 Å². The van der Waals surface area contributed by atoms with Crippen LogP contribution in [0.3, 0.4) is 0 Å². The van der Waals surface area contributed by atoms with Crippen molar-refractivity contribution in [3.63, 3.8) is 0 Å². The Hall–Kier alpha value is -1.80. The minimum atomic E-state index is -2.85. The lowest BCUT2D eigenvalue weighted by Crippen LogP contribution is -2.42. The van der Waals surface area contributed by atoms with Crippen molar-refractivity contribution in [1.82, 2.24) is 4.90 Å². The van der Waals surface area contributed by atoms with Crippen LogP contribution in [-0.2, 0) is 34.2 Å². The van der Waals surface area contributed by atoms with Gasteiger partial charge in [-0.2, -0.15) is 0 Å². The number of nitrogens with two attached hydrogens (primary N) is 1. The quantitative estimate of drug-likeness (QED) is 0.682. The predicted octanol–water partition coefficient (Wildman–Crippen LogP) is 3.41. The van der Waals surface area contributed by atoms with E-state index in [2.05, 4.69) is 4.72 Å². The summed E-state index contributed by atoms with van der Waals surface area (Å²) in [5.41, 5.74) is 9.47. The number of anilines is 1. The molecule has 1 aliphatic heterocycles. The molecule has 0 aliphatic carbocycles. The summed E-state index contributed by atoms with van der Waals surface area (Å²) in [6.07, 6.45) is 1.64. The van der Waals surface area contributed by atoms with Gasteiger partial charge in [-0.05, 0) is 47.4 Å². The molecular weight excluding hydrogens is 407 g/mol. The highest BCUT2D eigenvalue weighted by molar-refractivity contribution is 7.93. The second-order valence-electron chi connectivity index (χ2n) is 6.67. The van der Waals surface area contributed by atoms with Crippen LogP contribution in [0.1, 0.15) is 16.7 Å². The first-order valence-corrected chi connectivity index (χ1v) is 11.0. The number of rotatable bonds is 5. The molecule has 2 aromatic carbocycles. The van der Waals surface area contributed by atoms with E-state index in [1.54, 1.807) is 29.2 Å². The van der Waals surface area contributed by atoms with Gasteiger partial charge in [0.05, 0.1) is 6.04 Å². The van der Waals surface area contributed by atoms with Crippen LogP contribution in [0.5, 0.6) is 0 Å². The highest BCUT2D eigenvalue weighted by atomic mass is 35.5. The van der Waals surface area contributed by atoms with E-state index >= 15 is 0 Å². The molecule has 1 amide bonds. The average Bonchev–Trinajstić information content (AvgIpc) is 2.98. The zero-order valence-corrected chi connectivity index (χ0v) is 17.0. The van der Waals surface area contributed by atoms with Crippen LogP contribution in [0, 0.1) is 4.78 Å². The monoisotopic (exact) mass is 426 g/mol. The summed E-state index contributed by atoms with van der Waals surface area (Å²) in [5, 5.41) is 1.02. The number of hydrogen-bond acceptors (Lipinski definition) is 4. The second kappa shape index (κ2) is 7.67. The van der Waals surface area contributed by atoms with E-state index < -0.39 is 16.0 Å². The van der Waals surface area contributed by atoms with Crippen LogP contribution in [0.15, 0.2) is 36.4 Å². The third-order valence-corrected chi connectivity index (χ3v) is 5.54. The van der Waals surface area contributed by atoms with E-state index in [0.717, 1.165) is 16.7 Å². The zero-order chi connectivity index (χ0) is 19.8. The first kappa shape index (κ1) is 19.9. The molecule has 0 aromatic heterocycles. The molecular formula is C18H20Cl2N4O2S. The first-order chi connectivity index (χ1) is 12.6. The Morgan fingerprint density at radius 3 is 2.63 bits per heavy atom. The summed E-state index contributed by atoms with van der Waals surface area (Å²) in [5.74, 6) is -0.161. The minimum Gasteiger partial charge on any atom is -0.333 e. The molecule has 0 bridgehead atoms. The van der Waals surface area contributed by atoms with Gasteiger partial charge in [0, 0.05) is 35.1 Å². The molecule has 1 heterocycles. The van der Waals surface area contributed by atoms with Gasteiger partial charge in [-0.15, -0.1) is 0 Å². The summed E-state index contributed by atoms with van der Waals surface area (Å²) in [6.45, 7) is 0.896. The number of nitrogens with one attached hydrogen (secondary N) is 2. The molecule has 0 radical (unpaired) electrons. The Morgan fingerprint density at radius 2 is 1.96 bits per heavy atom. The third-order valence-electron chi connectivity index (χ3n) is 4.33. The highest BCUT2D eigenvalue weighted by Crippen LogP contribution is 2.27. The number of halogens is 2. The third kappa shape index (κ3) is 4.93. The molecule has 1 aliphatic rings. The number of fused-ring (bicyclic) bond motifs is 1. The molecule has 4 N–H and O–H groups in total. The van der Waals surface area contributed by atoms with Crippen molar-refractivity contribution >= 4 is 44.7 Å². The summed E-state index contributed by atoms with van der Waals surface area (Å²) in [7, 11) is -2.85. The normalized spacial score (nSPS) is 16.5. The van der Waals surface area contributed by atoms with Gasteiger partial charge in [0.25, 0.3) is 0 Å². The van der Waals surface area contributed by atoms with E-state index in [4.69, 9.17) is 33.7 Å². The van der Waals surface area contributed by atoms with Gasteiger partial charge < -0.3 is 10.6 Å². The number of nitrogens with zero attached hydrogens (tertiary/aromatic N) is 1. The fraction of sp³-hybridized carbons (Fsp3) is 0.278. The van der Waals surface area contributed by atoms with E-state index in [9.17, 15) is 9.00 Å². The number of carbonyl (C=O) groups excluding carboxylic acids is 1. The summed E-state index contributed by atoms with van der Waals surface area (Å²) >= 11 is 12.1. The molecule has 2 atom stereocenters. The summed E-state index contributed by atoms with van der Waals surface area (Å²) in [4.78, 5) is 14.4. The van der Waals surface area contributed by atoms with Gasteiger partial charge in [0.2, 0.25) is 5.91 Å². The van der Waals surface area contributed by atoms with Crippen LogP contribution in [-0.4, -0.2) is 27.3 Å². The lowest BCUT2D eigenvalue weighted by molar-refractivity contribution is -0.133.